The number of thioether (sulfide) groups is 1. The number of benzene rings is 1. The van der Waals surface area contributed by atoms with E-state index in [4.69, 9.17) is 0 Å². The van der Waals surface area contributed by atoms with Crippen LogP contribution in [0.3, 0.4) is 0 Å². The Balaban J connectivity index is 1.86. The van der Waals surface area contributed by atoms with Crippen LogP contribution in [0.1, 0.15) is 29.7 Å². The Labute approximate surface area is 134 Å². The highest BCUT2D eigenvalue weighted by Gasteiger charge is 2.26. The van der Waals surface area contributed by atoms with Crippen LogP contribution in [0.25, 0.3) is 0 Å². The largest absolute Gasteiger partial charge is 0.347 e. The van der Waals surface area contributed by atoms with E-state index in [2.05, 4.69) is 5.32 Å². The van der Waals surface area contributed by atoms with Crippen molar-refractivity contribution in [1.29, 1.82) is 0 Å². The van der Waals surface area contributed by atoms with Gasteiger partial charge in [-0.2, -0.15) is 0 Å². The molecule has 22 heavy (non-hydrogen) atoms. The lowest BCUT2D eigenvalue weighted by Crippen LogP contribution is -2.44. The monoisotopic (exact) mass is 324 g/mol. The van der Waals surface area contributed by atoms with Gasteiger partial charge in [-0.3, -0.25) is 9.59 Å². The Morgan fingerprint density at radius 1 is 1.45 bits per heavy atom. The Hall–Kier alpha value is -1.56. The summed E-state index contributed by atoms with van der Waals surface area (Å²) in [5.41, 5.74) is 1.77. The first-order valence-electron chi connectivity index (χ1n) is 7.29. The normalized spacial score (nSPS) is 17.7. The van der Waals surface area contributed by atoms with Crippen LogP contribution in [-0.4, -0.2) is 42.6 Å². The van der Waals surface area contributed by atoms with Gasteiger partial charge < -0.3 is 10.2 Å². The molecule has 0 saturated heterocycles. The Morgan fingerprint density at radius 2 is 2.18 bits per heavy atom. The van der Waals surface area contributed by atoms with Crippen LogP contribution in [0, 0.1) is 5.82 Å². The number of likely N-dealkylation sites (N-methyl/N-ethyl adjacent to an activating group) is 1. The number of rotatable bonds is 5. The first kappa shape index (κ1) is 16.8. The van der Waals surface area contributed by atoms with E-state index in [0.29, 0.717) is 0 Å². The van der Waals surface area contributed by atoms with Crippen LogP contribution in [0.5, 0.6) is 0 Å². The molecule has 120 valence electrons. The fraction of sp³-hybridized carbons (Fsp3) is 0.500. The summed E-state index contributed by atoms with van der Waals surface area (Å²) in [5.74, 6) is -0.189. The summed E-state index contributed by atoms with van der Waals surface area (Å²) in [5, 5.41) is 2.84. The van der Waals surface area contributed by atoms with Gasteiger partial charge in [-0.1, -0.05) is 12.1 Å². The second-order valence-electron chi connectivity index (χ2n) is 5.67. The SMILES string of the molecule is C[C@H](NC(=O)CS[C@H]1CCc2c(F)cccc21)C(=O)N(C)C. The van der Waals surface area contributed by atoms with Gasteiger partial charge in [-0.15, -0.1) is 11.8 Å². The highest BCUT2D eigenvalue weighted by atomic mass is 32.2. The summed E-state index contributed by atoms with van der Waals surface area (Å²) in [4.78, 5) is 25.1. The average Bonchev–Trinajstić information content (AvgIpc) is 2.88. The minimum absolute atomic E-state index is 0.133. The second-order valence-corrected chi connectivity index (χ2v) is 6.86. The van der Waals surface area contributed by atoms with Crippen LogP contribution in [0.15, 0.2) is 18.2 Å². The molecule has 0 fully saturated rings. The third kappa shape index (κ3) is 3.80. The summed E-state index contributed by atoms with van der Waals surface area (Å²) < 4.78 is 13.7. The van der Waals surface area contributed by atoms with Crippen LogP contribution in [0.4, 0.5) is 4.39 Å². The maximum Gasteiger partial charge on any atom is 0.244 e. The summed E-state index contributed by atoms with van der Waals surface area (Å²) in [6.45, 7) is 1.67. The molecular formula is C16H21FN2O2S. The molecule has 1 aromatic carbocycles. The summed E-state index contributed by atoms with van der Waals surface area (Å²) in [7, 11) is 3.31. The molecule has 0 spiro atoms. The van der Waals surface area contributed by atoms with Crippen molar-refractivity contribution in [3.05, 3.63) is 35.1 Å². The van der Waals surface area contributed by atoms with Gasteiger partial charge in [0.15, 0.2) is 0 Å². The number of nitrogens with zero attached hydrogens (tertiary/aromatic N) is 1. The van der Waals surface area contributed by atoms with Crippen LogP contribution in [-0.2, 0) is 16.0 Å². The fourth-order valence-corrected chi connectivity index (χ4v) is 3.77. The van der Waals surface area contributed by atoms with Gasteiger partial charge >= 0.3 is 0 Å². The number of fused-ring (bicyclic) bond motifs is 1. The van der Waals surface area contributed by atoms with Gasteiger partial charge in [0, 0.05) is 19.3 Å². The topological polar surface area (TPSA) is 49.4 Å². The summed E-state index contributed by atoms with van der Waals surface area (Å²) in [6, 6.07) is 4.59. The Morgan fingerprint density at radius 3 is 2.86 bits per heavy atom. The van der Waals surface area contributed by atoms with Crippen molar-refractivity contribution < 1.29 is 14.0 Å². The van der Waals surface area contributed by atoms with E-state index in [1.165, 1.54) is 22.7 Å². The zero-order chi connectivity index (χ0) is 16.3. The zero-order valence-corrected chi connectivity index (χ0v) is 13.9. The van der Waals surface area contributed by atoms with E-state index in [-0.39, 0.29) is 28.6 Å². The predicted molar refractivity (Wildman–Crippen MR) is 86.2 cm³/mol. The molecule has 0 bridgehead atoms. The minimum Gasteiger partial charge on any atom is -0.347 e. The van der Waals surface area contributed by atoms with E-state index in [0.717, 1.165) is 24.0 Å². The molecule has 0 aliphatic heterocycles. The maximum atomic E-state index is 13.7. The lowest BCUT2D eigenvalue weighted by Gasteiger charge is -2.18. The van der Waals surface area contributed by atoms with Crippen molar-refractivity contribution in [2.24, 2.45) is 0 Å². The molecule has 0 heterocycles. The molecule has 1 N–H and O–H groups in total. The number of hydrogen-bond acceptors (Lipinski definition) is 3. The first-order chi connectivity index (χ1) is 10.4. The molecule has 4 nitrogen and oxygen atoms in total. The molecule has 6 heteroatoms. The second kappa shape index (κ2) is 7.13. The molecule has 1 aromatic rings. The smallest absolute Gasteiger partial charge is 0.244 e. The molecule has 0 saturated carbocycles. The summed E-state index contributed by atoms with van der Waals surface area (Å²) in [6.07, 6.45) is 1.57. The van der Waals surface area contributed by atoms with Gasteiger partial charge in [0.2, 0.25) is 11.8 Å². The zero-order valence-electron chi connectivity index (χ0n) is 13.1. The third-order valence-corrected chi connectivity index (χ3v) is 5.08. The standard InChI is InChI=1S/C16H21FN2O2S/c1-10(16(21)19(2)3)18-15(20)9-22-14-8-7-11-12(14)5-4-6-13(11)17/h4-6,10,14H,7-9H2,1-3H3,(H,18,20)/t10-,14-/m0/s1. The molecule has 1 aliphatic rings. The third-order valence-electron chi connectivity index (χ3n) is 3.76. The maximum absolute atomic E-state index is 13.7. The lowest BCUT2D eigenvalue weighted by atomic mass is 10.1. The van der Waals surface area contributed by atoms with Crippen molar-refractivity contribution in [2.45, 2.75) is 31.1 Å². The van der Waals surface area contributed by atoms with Gasteiger partial charge in [-0.05, 0) is 37.0 Å². The highest BCUT2D eigenvalue weighted by Crippen LogP contribution is 2.41. The first-order valence-corrected chi connectivity index (χ1v) is 8.34. The molecule has 2 rings (SSSR count). The van der Waals surface area contributed by atoms with E-state index in [1.54, 1.807) is 27.1 Å². The number of amides is 2. The van der Waals surface area contributed by atoms with Crippen LogP contribution >= 0.6 is 11.8 Å². The van der Waals surface area contributed by atoms with E-state index in [1.807, 2.05) is 6.07 Å². The lowest BCUT2D eigenvalue weighted by molar-refractivity contribution is -0.133. The molecule has 0 aromatic heterocycles. The Kier molecular flexibility index (Phi) is 5.45. The fourth-order valence-electron chi connectivity index (χ4n) is 2.65. The molecule has 1 aliphatic carbocycles. The van der Waals surface area contributed by atoms with Crippen molar-refractivity contribution in [2.75, 3.05) is 19.8 Å². The Bertz CT molecular complexity index is 577. The molecule has 2 amide bonds. The molecule has 2 atom stereocenters. The van der Waals surface area contributed by atoms with Crippen molar-refractivity contribution in [3.63, 3.8) is 0 Å². The van der Waals surface area contributed by atoms with Gasteiger partial charge in [0.1, 0.15) is 11.9 Å². The van der Waals surface area contributed by atoms with E-state index >= 15 is 0 Å². The van der Waals surface area contributed by atoms with Gasteiger partial charge in [0.05, 0.1) is 5.75 Å². The highest BCUT2D eigenvalue weighted by molar-refractivity contribution is 8.00. The number of halogens is 1. The van der Waals surface area contributed by atoms with E-state index < -0.39 is 6.04 Å². The van der Waals surface area contributed by atoms with Crippen LogP contribution in [0.2, 0.25) is 0 Å². The number of nitrogens with one attached hydrogen (secondary N) is 1. The molecule has 0 radical (unpaired) electrons. The predicted octanol–water partition coefficient (Wildman–Crippen LogP) is 2.14. The van der Waals surface area contributed by atoms with E-state index in [9.17, 15) is 14.0 Å². The quantitative estimate of drug-likeness (QED) is 0.903. The summed E-state index contributed by atoms with van der Waals surface area (Å²) >= 11 is 1.50. The van der Waals surface area contributed by atoms with Crippen molar-refractivity contribution in [1.82, 2.24) is 10.2 Å². The molecule has 0 unspecified atom stereocenters. The minimum atomic E-state index is -0.531. The van der Waals surface area contributed by atoms with Gasteiger partial charge in [0.25, 0.3) is 0 Å². The average molecular weight is 324 g/mol. The molecular weight excluding hydrogens is 303 g/mol. The van der Waals surface area contributed by atoms with Crippen LogP contribution < -0.4 is 5.32 Å². The number of carbonyl (C=O) groups excluding carboxylic acids is 2. The number of hydrogen-bond donors (Lipinski definition) is 1. The van der Waals surface area contributed by atoms with Gasteiger partial charge in [-0.25, -0.2) is 4.39 Å². The van der Waals surface area contributed by atoms with Crippen molar-refractivity contribution in [3.8, 4) is 0 Å². The van der Waals surface area contributed by atoms with Crippen molar-refractivity contribution >= 4 is 23.6 Å². The number of carbonyl (C=O) groups is 2.